The maximum Gasteiger partial charge on any atom is 0.158 e. The second-order valence-corrected chi connectivity index (χ2v) is 3.55. The topological polar surface area (TPSA) is 56.5 Å². The van der Waals surface area contributed by atoms with Gasteiger partial charge in [-0.1, -0.05) is 6.92 Å². The molecule has 0 aromatic carbocycles. The summed E-state index contributed by atoms with van der Waals surface area (Å²) in [7, 11) is 3.29. The molecule has 0 saturated heterocycles. The molecule has 86 valence electrons. The van der Waals surface area contributed by atoms with Crippen LogP contribution in [0, 0.1) is 0 Å². The van der Waals surface area contributed by atoms with Crippen LogP contribution in [0.15, 0.2) is 0 Å². The van der Waals surface area contributed by atoms with Gasteiger partial charge < -0.3 is 20.5 Å². The number of ether oxygens (including phenoxy) is 2. The van der Waals surface area contributed by atoms with Gasteiger partial charge in [0.1, 0.15) is 0 Å². The summed E-state index contributed by atoms with van der Waals surface area (Å²) in [5, 5.41) is 3.43. The van der Waals surface area contributed by atoms with Crippen LogP contribution in [0.2, 0.25) is 0 Å². The molecule has 0 aliphatic rings. The molecular formula is C10H24N2O2. The van der Waals surface area contributed by atoms with E-state index >= 15 is 0 Å². The van der Waals surface area contributed by atoms with Gasteiger partial charge in [0.15, 0.2) is 6.29 Å². The van der Waals surface area contributed by atoms with Gasteiger partial charge in [-0.05, 0) is 13.3 Å². The van der Waals surface area contributed by atoms with Gasteiger partial charge in [-0.15, -0.1) is 0 Å². The minimum atomic E-state index is -0.167. The molecule has 0 spiro atoms. The zero-order valence-electron chi connectivity index (χ0n) is 9.75. The van der Waals surface area contributed by atoms with Crippen molar-refractivity contribution in [2.24, 2.45) is 5.73 Å². The predicted molar refractivity (Wildman–Crippen MR) is 58.2 cm³/mol. The Labute approximate surface area is 87.1 Å². The quantitative estimate of drug-likeness (QED) is 0.572. The maximum atomic E-state index is 5.66. The third-order valence-corrected chi connectivity index (χ3v) is 2.42. The molecule has 0 aliphatic carbocycles. The Hall–Kier alpha value is -0.160. The first-order valence-electron chi connectivity index (χ1n) is 5.19. The van der Waals surface area contributed by atoms with E-state index in [4.69, 9.17) is 15.2 Å². The molecule has 0 aromatic heterocycles. The van der Waals surface area contributed by atoms with Gasteiger partial charge in [-0.25, -0.2) is 0 Å². The molecule has 14 heavy (non-hydrogen) atoms. The SMILES string of the molecule is CCC(C)NC(CN)CC(OC)OC. The van der Waals surface area contributed by atoms with Gasteiger partial charge in [-0.3, -0.25) is 0 Å². The summed E-state index contributed by atoms with van der Waals surface area (Å²) in [5.74, 6) is 0. The van der Waals surface area contributed by atoms with E-state index < -0.39 is 0 Å². The van der Waals surface area contributed by atoms with Crippen LogP contribution in [-0.4, -0.2) is 39.1 Å². The average Bonchev–Trinajstić information content (AvgIpc) is 2.23. The van der Waals surface area contributed by atoms with Gasteiger partial charge >= 0.3 is 0 Å². The normalized spacial score (nSPS) is 15.9. The van der Waals surface area contributed by atoms with Gasteiger partial charge in [0.25, 0.3) is 0 Å². The van der Waals surface area contributed by atoms with Gasteiger partial charge in [-0.2, -0.15) is 0 Å². The summed E-state index contributed by atoms with van der Waals surface area (Å²) in [6.45, 7) is 4.90. The number of nitrogens with two attached hydrogens (primary N) is 1. The van der Waals surface area contributed by atoms with Crippen molar-refractivity contribution in [1.29, 1.82) is 0 Å². The van der Waals surface area contributed by atoms with Crippen LogP contribution in [0.25, 0.3) is 0 Å². The molecule has 0 bridgehead atoms. The zero-order chi connectivity index (χ0) is 11.0. The van der Waals surface area contributed by atoms with Crippen molar-refractivity contribution >= 4 is 0 Å². The molecule has 2 atom stereocenters. The van der Waals surface area contributed by atoms with E-state index in [1.54, 1.807) is 14.2 Å². The minimum Gasteiger partial charge on any atom is -0.356 e. The van der Waals surface area contributed by atoms with Crippen LogP contribution in [0.3, 0.4) is 0 Å². The molecule has 4 nitrogen and oxygen atoms in total. The Kier molecular flexibility index (Phi) is 8.08. The molecule has 0 aliphatic heterocycles. The number of rotatable bonds is 8. The average molecular weight is 204 g/mol. The van der Waals surface area contributed by atoms with E-state index in [9.17, 15) is 0 Å². The molecule has 0 fully saturated rings. The lowest BCUT2D eigenvalue weighted by atomic mass is 10.1. The van der Waals surface area contributed by atoms with Gasteiger partial charge in [0, 0.05) is 39.3 Å². The Morgan fingerprint density at radius 3 is 2.21 bits per heavy atom. The molecule has 0 heterocycles. The van der Waals surface area contributed by atoms with Crippen molar-refractivity contribution in [3.63, 3.8) is 0 Å². The van der Waals surface area contributed by atoms with Crippen LogP contribution in [0.5, 0.6) is 0 Å². The number of nitrogens with one attached hydrogen (secondary N) is 1. The summed E-state index contributed by atoms with van der Waals surface area (Å²) in [4.78, 5) is 0. The highest BCUT2D eigenvalue weighted by atomic mass is 16.7. The molecule has 0 aromatic rings. The largest absolute Gasteiger partial charge is 0.356 e. The van der Waals surface area contributed by atoms with E-state index in [-0.39, 0.29) is 12.3 Å². The first-order valence-corrected chi connectivity index (χ1v) is 5.19. The molecule has 0 rings (SSSR count). The fourth-order valence-electron chi connectivity index (χ4n) is 1.27. The Morgan fingerprint density at radius 2 is 1.86 bits per heavy atom. The second kappa shape index (κ2) is 8.17. The van der Waals surface area contributed by atoms with Crippen LogP contribution in [0.4, 0.5) is 0 Å². The highest BCUT2D eigenvalue weighted by Crippen LogP contribution is 2.03. The summed E-state index contributed by atoms with van der Waals surface area (Å²) >= 11 is 0. The predicted octanol–water partition coefficient (Wildman–Crippen LogP) is 0.711. The minimum absolute atomic E-state index is 0.167. The van der Waals surface area contributed by atoms with E-state index in [0.717, 1.165) is 12.8 Å². The van der Waals surface area contributed by atoms with E-state index in [2.05, 4.69) is 19.2 Å². The Bertz CT molecular complexity index is 129. The van der Waals surface area contributed by atoms with Crippen LogP contribution in [-0.2, 0) is 9.47 Å². The number of hydrogen-bond acceptors (Lipinski definition) is 4. The third kappa shape index (κ3) is 5.54. The summed E-state index contributed by atoms with van der Waals surface area (Å²) in [6, 6.07) is 0.743. The van der Waals surface area contributed by atoms with Crippen molar-refractivity contribution in [2.75, 3.05) is 20.8 Å². The summed E-state index contributed by atoms with van der Waals surface area (Å²) < 4.78 is 10.3. The van der Waals surface area contributed by atoms with Crippen LogP contribution in [0.1, 0.15) is 26.7 Å². The monoisotopic (exact) mass is 204 g/mol. The Balaban J connectivity index is 3.88. The van der Waals surface area contributed by atoms with Crippen molar-refractivity contribution in [1.82, 2.24) is 5.32 Å². The fraction of sp³-hybridized carbons (Fsp3) is 1.00. The number of methoxy groups -OCH3 is 2. The van der Waals surface area contributed by atoms with Crippen molar-refractivity contribution in [3.8, 4) is 0 Å². The molecular weight excluding hydrogens is 180 g/mol. The lowest BCUT2D eigenvalue weighted by Crippen LogP contribution is -2.43. The molecule has 2 unspecified atom stereocenters. The van der Waals surface area contributed by atoms with E-state index in [1.165, 1.54) is 0 Å². The van der Waals surface area contributed by atoms with E-state index in [1.807, 2.05) is 0 Å². The number of hydrogen-bond donors (Lipinski definition) is 2. The first-order chi connectivity index (χ1) is 6.67. The van der Waals surface area contributed by atoms with E-state index in [0.29, 0.717) is 12.6 Å². The molecule has 0 saturated carbocycles. The van der Waals surface area contributed by atoms with Gasteiger partial charge in [0.2, 0.25) is 0 Å². The second-order valence-electron chi connectivity index (χ2n) is 3.55. The molecule has 3 N–H and O–H groups in total. The highest BCUT2D eigenvalue weighted by molar-refractivity contribution is 4.72. The van der Waals surface area contributed by atoms with Crippen molar-refractivity contribution < 1.29 is 9.47 Å². The van der Waals surface area contributed by atoms with Crippen molar-refractivity contribution in [2.45, 2.75) is 45.1 Å². The standard InChI is InChI=1S/C10H24N2O2/c1-5-8(2)12-9(7-11)6-10(13-3)14-4/h8-10,12H,5-7,11H2,1-4H3. The van der Waals surface area contributed by atoms with Gasteiger partial charge in [0.05, 0.1) is 0 Å². The highest BCUT2D eigenvalue weighted by Gasteiger charge is 2.15. The molecule has 0 amide bonds. The lowest BCUT2D eigenvalue weighted by Gasteiger charge is -2.24. The van der Waals surface area contributed by atoms with Crippen molar-refractivity contribution in [3.05, 3.63) is 0 Å². The maximum absolute atomic E-state index is 5.66. The zero-order valence-corrected chi connectivity index (χ0v) is 9.75. The smallest absolute Gasteiger partial charge is 0.158 e. The fourth-order valence-corrected chi connectivity index (χ4v) is 1.27. The molecule has 4 heteroatoms. The summed E-state index contributed by atoms with van der Waals surface area (Å²) in [5.41, 5.74) is 5.66. The van der Waals surface area contributed by atoms with Crippen LogP contribution >= 0.6 is 0 Å². The Morgan fingerprint density at radius 1 is 1.29 bits per heavy atom. The summed E-state index contributed by atoms with van der Waals surface area (Å²) in [6.07, 6.45) is 1.72. The lowest BCUT2D eigenvalue weighted by molar-refractivity contribution is -0.110. The first kappa shape index (κ1) is 13.8. The molecule has 0 radical (unpaired) electrons. The van der Waals surface area contributed by atoms with Crippen LogP contribution < -0.4 is 11.1 Å². The third-order valence-electron chi connectivity index (χ3n) is 2.42.